The number of hydrogen-bond acceptors (Lipinski definition) is 5. The molecule has 8 heteroatoms. The molecule has 0 aliphatic rings. The van der Waals surface area contributed by atoms with E-state index in [0.717, 1.165) is 11.3 Å². The van der Waals surface area contributed by atoms with Crippen molar-refractivity contribution in [3.8, 4) is 11.3 Å². The first-order chi connectivity index (χ1) is 11.1. The number of halogens is 2. The molecule has 24 heavy (non-hydrogen) atoms. The fraction of sp³-hybridized carbons (Fsp3) is 0.125. The van der Waals surface area contributed by atoms with Gasteiger partial charge in [0.1, 0.15) is 12.4 Å². The normalized spacial score (nSPS) is 11.1. The van der Waals surface area contributed by atoms with Crippen LogP contribution in [0.1, 0.15) is 11.1 Å². The van der Waals surface area contributed by atoms with Crippen LogP contribution in [0.3, 0.4) is 0 Å². The lowest BCUT2D eigenvalue weighted by Crippen LogP contribution is -2.68. The minimum absolute atomic E-state index is 0.707. The average molecular weight is 369 g/mol. The fourth-order valence-electron chi connectivity index (χ4n) is 2.26. The maximum atomic E-state index is 8.49. The second-order valence-corrected chi connectivity index (χ2v) is 6.31. The Hall–Kier alpha value is -1.80. The fourth-order valence-corrected chi connectivity index (χ4v) is 2.43. The van der Waals surface area contributed by atoms with Crippen LogP contribution in [-0.4, -0.2) is 4.98 Å². The molecule has 1 aromatic carbocycles. The van der Waals surface area contributed by atoms with Crippen molar-refractivity contribution in [1.82, 2.24) is 4.98 Å². The van der Waals surface area contributed by atoms with Gasteiger partial charge >= 0.3 is 5.65 Å². The summed E-state index contributed by atoms with van der Waals surface area (Å²) >= 11 is 5.97. The number of hydrogen-bond donors (Lipinski definition) is 0. The Labute approximate surface area is 146 Å². The van der Waals surface area contributed by atoms with Crippen LogP contribution in [-0.2, 0) is 0 Å². The summed E-state index contributed by atoms with van der Waals surface area (Å²) in [4.78, 5) is 4.68. The first-order valence-electron chi connectivity index (χ1n) is 6.80. The highest BCUT2D eigenvalue weighted by molar-refractivity contribution is 6.30. The molecule has 2 aromatic heterocycles. The summed E-state index contributed by atoms with van der Waals surface area (Å²) in [6.07, 6.45) is 3.85. The van der Waals surface area contributed by atoms with Gasteiger partial charge in [0, 0.05) is 17.7 Å². The quantitative estimate of drug-likeness (QED) is 0.511. The third kappa shape index (κ3) is 5.38. The van der Waals surface area contributed by atoms with Crippen LogP contribution in [0.5, 0.6) is 0 Å². The van der Waals surface area contributed by atoms with Gasteiger partial charge in [0.05, 0.1) is 5.02 Å². The van der Waals surface area contributed by atoms with Gasteiger partial charge < -0.3 is 0 Å². The smallest absolute Gasteiger partial charge is 0.222 e. The van der Waals surface area contributed by atoms with Crippen molar-refractivity contribution in [2.75, 3.05) is 0 Å². The van der Waals surface area contributed by atoms with E-state index in [9.17, 15) is 0 Å². The number of aryl methyl sites for hydroxylation is 2. The molecule has 0 saturated heterocycles. The number of pyridine rings is 1. The van der Waals surface area contributed by atoms with Crippen LogP contribution >= 0.6 is 11.6 Å². The Balaban J connectivity index is 0.000000368. The first-order valence-corrected chi connectivity index (χ1v) is 8.42. The molecule has 0 bridgehead atoms. The van der Waals surface area contributed by atoms with Gasteiger partial charge in [-0.05, 0) is 30.5 Å². The van der Waals surface area contributed by atoms with Crippen molar-refractivity contribution in [2.45, 2.75) is 13.8 Å². The van der Waals surface area contributed by atoms with E-state index in [1.165, 1.54) is 16.7 Å². The third-order valence-electron chi connectivity index (χ3n) is 3.20. The average Bonchev–Trinajstić information content (AvgIpc) is 2.45. The Morgan fingerprint density at radius 1 is 1.00 bits per heavy atom. The zero-order valence-electron chi connectivity index (χ0n) is 12.9. The van der Waals surface area contributed by atoms with Crippen molar-refractivity contribution < 1.29 is 33.3 Å². The van der Waals surface area contributed by atoms with Crippen LogP contribution in [0.15, 0.2) is 48.8 Å². The molecule has 0 atom stereocenters. The van der Waals surface area contributed by atoms with Crippen molar-refractivity contribution >= 4 is 17.2 Å². The van der Waals surface area contributed by atoms with E-state index >= 15 is 0 Å². The van der Waals surface area contributed by atoms with Crippen LogP contribution in [0, 0.1) is 24.1 Å². The van der Waals surface area contributed by atoms with Gasteiger partial charge in [0.25, 0.3) is 0 Å². The Morgan fingerprint density at radius 2 is 1.67 bits per heavy atom. The molecule has 0 saturated carbocycles. The zero-order chi connectivity index (χ0) is 17.9. The lowest BCUT2D eigenvalue weighted by atomic mass is 10.0. The summed E-state index contributed by atoms with van der Waals surface area (Å²) in [6, 6.07) is 12.2. The van der Waals surface area contributed by atoms with Crippen LogP contribution in [0.4, 0.5) is 0 Å². The number of aromatic nitrogens is 2. The zero-order valence-corrected chi connectivity index (χ0v) is 14.4. The van der Waals surface area contributed by atoms with E-state index in [2.05, 4.69) is 37.0 Å². The number of fused-ring (bicyclic) bond motifs is 1. The van der Waals surface area contributed by atoms with Crippen molar-refractivity contribution in [2.24, 2.45) is 0 Å². The second kappa shape index (κ2) is 7.40. The summed E-state index contributed by atoms with van der Waals surface area (Å²) in [5.74, 6) is 0. The molecule has 0 fully saturated rings. The maximum Gasteiger partial charge on any atom is 0.328 e. The van der Waals surface area contributed by atoms with Gasteiger partial charge in [-0.15, -0.1) is 10.2 Å². The molecule has 0 aliphatic carbocycles. The molecule has 0 amide bonds. The number of nitrogens with zero attached hydrogens (tertiary/aromatic N) is 2. The highest BCUT2D eigenvalue weighted by Crippen LogP contribution is 2.22. The molecular weight excluding hydrogens is 355 g/mol. The lowest BCUT2D eigenvalue weighted by Gasteiger charge is -2.17. The van der Waals surface area contributed by atoms with Crippen molar-refractivity contribution in [1.29, 1.82) is 0 Å². The molecule has 126 valence electrons. The van der Waals surface area contributed by atoms with Crippen LogP contribution in [0.2, 0.25) is 5.02 Å². The summed E-state index contributed by atoms with van der Waals surface area (Å²) in [5, 5.41) is 0.707. The van der Waals surface area contributed by atoms with Crippen molar-refractivity contribution in [3.63, 3.8) is 0 Å². The highest BCUT2D eigenvalue weighted by atomic mass is 35.7. The van der Waals surface area contributed by atoms with Gasteiger partial charge in [-0.25, -0.2) is 23.0 Å². The summed E-state index contributed by atoms with van der Waals surface area (Å²) in [5.41, 5.74) is 5.55. The predicted octanol–water partition coefficient (Wildman–Crippen LogP) is -0.998. The largest absolute Gasteiger partial charge is 0.328 e. The molecule has 3 rings (SSSR count). The molecule has 2 heterocycles. The topological polar surface area (TPSA) is 109 Å². The second-order valence-electron chi connectivity index (χ2n) is 5.12. The summed E-state index contributed by atoms with van der Waals surface area (Å²) in [7, 11) is -4.94. The molecule has 0 aliphatic heterocycles. The third-order valence-corrected chi connectivity index (χ3v) is 3.43. The first kappa shape index (κ1) is 18.5. The Morgan fingerprint density at radius 3 is 2.29 bits per heavy atom. The van der Waals surface area contributed by atoms with E-state index in [-0.39, 0.29) is 0 Å². The van der Waals surface area contributed by atoms with E-state index < -0.39 is 10.2 Å². The van der Waals surface area contributed by atoms with Gasteiger partial charge in [-0.3, -0.25) is 0 Å². The molecule has 0 radical (unpaired) electrons. The molecule has 0 spiro atoms. The number of benzene rings is 1. The van der Waals surface area contributed by atoms with Crippen molar-refractivity contribution in [3.05, 3.63) is 64.9 Å². The maximum absolute atomic E-state index is 8.49. The standard InChI is InChI=1S/C16H14ClN2.ClHO4/c1-11-3-5-14(12(2)9-11)15-7-8-19-10-13(17)4-6-16(19)18-15;2-1(3,4)5/h3-10H,1-2H3;(H,2,3,4,5)/q+1;/p-1. The SMILES string of the molecule is Cc1ccc(-c2cc[n+]3cc(Cl)ccc3n2)c(C)c1.[O-][Cl+3]([O-])([O-])[O-]. The molecule has 6 nitrogen and oxygen atoms in total. The molecular formula is C16H14Cl2N2O4. The minimum Gasteiger partial charge on any atom is -0.222 e. The molecule has 0 N–H and O–H groups in total. The Bertz CT molecular complexity index is 860. The van der Waals surface area contributed by atoms with Gasteiger partial charge in [0.2, 0.25) is 0 Å². The van der Waals surface area contributed by atoms with Gasteiger partial charge in [-0.1, -0.05) is 35.4 Å². The van der Waals surface area contributed by atoms with Gasteiger partial charge in [-0.2, -0.15) is 0 Å². The number of rotatable bonds is 1. The summed E-state index contributed by atoms with van der Waals surface area (Å²) < 4.78 is 35.9. The Kier molecular flexibility index (Phi) is 5.71. The molecule has 0 unspecified atom stereocenters. The predicted molar refractivity (Wildman–Crippen MR) is 77.3 cm³/mol. The monoisotopic (exact) mass is 368 g/mol. The van der Waals surface area contributed by atoms with Crippen LogP contribution in [0.25, 0.3) is 16.9 Å². The van der Waals surface area contributed by atoms with E-state index in [0.29, 0.717) is 5.02 Å². The minimum atomic E-state index is -4.94. The van der Waals surface area contributed by atoms with E-state index in [1.54, 1.807) is 0 Å². The highest BCUT2D eigenvalue weighted by Gasteiger charge is 2.12. The van der Waals surface area contributed by atoms with E-state index in [1.807, 2.05) is 35.0 Å². The van der Waals surface area contributed by atoms with E-state index in [4.69, 9.17) is 30.2 Å². The van der Waals surface area contributed by atoms with Crippen LogP contribution < -0.4 is 23.0 Å². The summed E-state index contributed by atoms with van der Waals surface area (Å²) in [6.45, 7) is 4.21. The lowest BCUT2D eigenvalue weighted by molar-refractivity contribution is -2.00. The molecule has 3 aromatic rings. The van der Waals surface area contributed by atoms with Gasteiger partial charge in [0.15, 0.2) is 5.69 Å².